The van der Waals surface area contributed by atoms with Crippen LogP contribution < -0.4 is 0 Å². The van der Waals surface area contributed by atoms with Gasteiger partial charge in [0.2, 0.25) is 0 Å². The topological polar surface area (TPSA) is 182 Å². The van der Waals surface area contributed by atoms with E-state index in [2.05, 4.69) is 4.18 Å². The van der Waals surface area contributed by atoms with E-state index in [1.807, 2.05) is 0 Å². The van der Waals surface area contributed by atoms with Gasteiger partial charge in [0, 0.05) is 0 Å². The van der Waals surface area contributed by atoms with Crippen LogP contribution in [-0.2, 0) is 19.4 Å². The number of carbonyl (C=O) groups is 1. The largest absolute Gasteiger partial charge is 0.397 e. The Morgan fingerprint density at radius 3 is 1.78 bits per heavy atom. The molecule has 0 aliphatic rings. The lowest BCUT2D eigenvalue weighted by Crippen LogP contribution is -2.46. The minimum atomic E-state index is -4.16. The zero-order valence-corrected chi connectivity index (χ0v) is 10.1. The van der Waals surface area contributed by atoms with Crippen LogP contribution in [0.4, 0.5) is 0 Å². The first-order valence-electron chi connectivity index (χ1n) is 4.42. The molecule has 0 spiro atoms. The predicted molar refractivity (Wildman–Crippen MR) is 55.7 cm³/mol. The van der Waals surface area contributed by atoms with Gasteiger partial charge in [0.15, 0.2) is 6.29 Å². The van der Waals surface area contributed by atoms with E-state index in [0.717, 1.165) is 7.11 Å². The fourth-order valence-electron chi connectivity index (χ4n) is 0.618. The third-order valence-electron chi connectivity index (χ3n) is 1.63. The van der Waals surface area contributed by atoms with Crippen molar-refractivity contribution in [2.75, 3.05) is 13.7 Å². The number of aldehydes is 1. The molecular formula is C7H16O10S. The minimum Gasteiger partial charge on any atom is -0.394 e. The van der Waals surface area contributed by atoms with Gasteiger partial charge < -0.3 is 30.3 Å². The highest BCUT2D eigenvalue weighted by molar-refractivity contribution is 7.80. The second-order valence-electron chi connectivity index (χ2n) is 2.95. The zero-order valence-electron chi connectivity index (χ0n) is 9.32. The number of aliphatic hydroxyl groups excluding tert-OH is 5. The fourth-order valence-corrected chi connectivity index (χ4v) is 0.618. The number of carbonyl (C=O) groups excluding carboxylic acids is 1. The Balaban J connectivity index is 0. The van der Waals surface area contributed by atoms with Crippen LogP contribution in [0, 0.1) is 0 Å². The predicted octanol–water partition coefficient (Wildman–Crippen LogP) is -3.94. The Morgan fingerprint density at radius 2 is 1.56 bits per heavy atom. The van der Waals surface area contributed by atoms with Gasteiger partial charge in [0.05, 0.1) is 13.7 Å². The summed E-state index contributed by atoms with van der Waals surface area (Å²) in [6.07, 6.45) is -6.84. The van der Waals surface area contributed by atoms with Crippen LogP contribution in [0.2, 0.25) is 0 Å². The van der Waals surface area contributed by atoms with Crippen LogP contribution in [0.5, 0.6) is 0 Å². The molecule has 110 valence electrons. The third kappa shape index (κ3) is 9.38. The standard InChI is InChI=1S/C6H12O6.CH4O4S/c7-1-3(9)5(11)6(12)4(10)2-8;1-5-6(2,3)4/h1,3-6,8-12H,2H2;1H3,(H,2,3,4). The summed E-state index contributed by atoms with van der Waals surface area (Å²) in [4.78, 5) is 9.90. The van der Waals surface area contributed by atoms with Gasteiger partial charge >= 0.3 is 10.4 Å². The minimum absolute atomic E-state index is 0.0258. The molecule has 0 saturated heterocycles. The number of aliphatic hydroxyl groups is 5. The lowest BCUT2D eigenvalue weighted by molar-refractivity contribution is -0.136. The first-order chi connectivity index (χ1) is 8.10. The molecule has 0 saturated carbocycles. The summed E-state index contributed by atoms with van der Waals surface area (Å²) >= 11 is 0. The molecule has 4 unspecified atom stereocenters. The molecule has 0 aliphatic heterocycles. The van der Waals surface area contributed by atoms with Crippen LogP contribution in [0.15, 0.2) is 0 Å². The monoisotopic (exact) mass is 292 g/mol. The molecule has 0 heterocycles. The Kier molecular flexibility index (Phi) is 10.2. The van der Waals surface area contributed by atoms with E-state index in [9.17, 15) is 13.2 Å². The van der Waals surface area contributed by atoms with Crippen molar-refractivity contribution in [1.29, 1.82) is 0 Å². The molecule has 4 atom stereocenters. The summed E-state index contributed by atoms with van der Waals surface area (Å²) in [7, 11) is -3.29. The Bertz CT molecular complexity index is 314. The SMILES string of the molecule is COS(=O)(=O)O.O=CC(O)C(O)C(O)C(O)CO. The summed E-state index contributed by atoms with van der Waals surface area (Å²) in [5, 5.41) is 43.5. The molecule has 0 fully saturated rings. The normalized spacial score (nSPS) is 17.9. The van der Waals surface area contributed by atoms with Crippen molar-refractivity contribution in [3.05, 3.63) is 0 Å². The maximum atomic E-state index is 9.90. The van der Waals surface area contributed by atoms with Crippen molar-refractivity contribution >= 4 is 16.7 Å². The van der Waals surface area contributed by atoms with E-state index in [0.29, 0.717) is 0 Å². The molecule has 0 rings (SSSR count). The van der Waals surface area contributed by atoms with Crippen molar-refractivity contribution < 1.29 is 47.5 Å². The smallest absolute Gasteiger partial charge is 0.394 e. The average molecular weight is 292 g/mol. The maximum absolute atomic E-state index is 9.90. The van der Waals surface area contributed by atoms with Crippen molar-refractivity contribution in [3.8, 4) is 0 Å². The van der Waals surface area contributed by atoms with Crippen LogP contribution in [0.3, 0.4) is 0 Å². The van der Waals surface area contributed by atoms with E-state index in [4.69, 9.17) is 30.1 Å². The molecule has 0 aromatic heterocycles. The summed E-state index contributed by atoms with van der Waals surface area (Å²) in [6, 6.07) is 0. The first-order valence-corrected chi connectivity index (χ1v) is 5.78. The maximum Gasteiger partial charge on any atom is 0.397 e. The zero-order chi connectivity index (χ0) is 14.9. The van der Waals surface area contributed by atoms with Crippen LogP contribution in [0.25, 0.3) is 0 Å². The van der Waals surface area contributed by atoms with Crippen LogP contribution >= 0.6 is 0 Å². The van der Waals surface area contributed by atoms with Crippen molar-refractivity contribution in [2.24, 2.45) is 0 Å². The van der Waals surface area contributed by atoms with Crippen molar-refractivity contribution in [1.82, 2.24) is 0 Å². The molecule has 18 heavy (non-hydrogen) atoms. The van der Waals surface area contributed by atoms with Gasteiger partial charge in [-0.05, 0) is 0 Å². The van der Waals surface area contributed by atoms with Gasteiger partial charge in [0.1, 0.15) is 24.4 Å². The van der Waals surface area contributed by atoms with Crippen LogP contribution in [0.1, 0.15) is 0 Å². The van der Waals surface area contributed by atoms with E-state index in [-0.39, 0.29) is 6.29 Å². The highest BCUT2D eigenvalue weighted by Crippen LogP contribution is 2.02. The first kappa shape index (κ1) is 19.7. The van der Waals surface area contributed by atoms with Crippen molar-refractivity contribution in [2.45, 2.75) is 24.4 Å². The summed E-state index contributed by atoms with van der Waals surface area (Å²) in [6.45, 7) is -0.760. The highest BCUT2D eigenvalue weighted by Gasteiger charge is 2.29. The molecule has 0 radical (unpaired) electrons. The Labute approximate surface area is 103 Å². The van der Waals surface area contributed by atoms with E-state index in [1.54, 1.807) is 0 Å². The molecule has 0 aromatic rings. The molecule has 0 aliphatic carbocycles. The van der Waals surface area contributed by atoms with Gasteiger partial charge in [-0.3, -0.25) is 8.74 Å². The quantitative estimate of drug-likeness (QED) is 0.209. The number of hydrogen-bond acceptors (Lipinski definition) is 9. The van der Waals surface area contributed by atoms with E-state index >= 15 is 0 Å². The summed E-state index contributed by atoms with van der Waals surface area (Å²) < 4.78 is 29.7. The van der Waals surface area contributed by atoms with Gasteiger partial charge in [-0.15, -0.1) is 0 Å². The van der Waals surface area contributed by atoms with E-state index < -0.39 is 41.4 Å². The molecule has 0 amide bonds. The average Bonchev–Trinajstić information content (AvgIpc) is 2.34. The Morgan fingerprint density at radius 1 is 1.17 bits per heavy atom. The molecule has 10 nitrogen and oxygen atoms in total. The second-order valence-corrected chi connectivity index (χ2v) is 4.14. The van der Waals surface area contributed by atoms with Gasteiger partial charge in [-0.1, -0.05) is 0 Å². The fraction of sp³-hybridized carbons (Fsp3) is 0.857. The van der Waals surface area contributed by atoms with E-state index in [1.165, 1.54) is 0 Å². The highest BCUT2D eigenvalue weighted by atomic mass is 32.3. The lowest BCUT2D eigenvalue weighted by atomic mass is 10.0. The van der Waals surface area contributed by atoms with Gasteiger partial charge in [0.25, 0.3) is 0 Å². The summed E-state index contributed by atoms with van der Waals surface area (Å²) in [5.41, 5.74) is 0. The Hall–Kier alpha value is -0.660. The van der Waals surface area contributed by atoms with Crippen molar-refractivity contribution in [3.63, 3.8) is 0 Å². The molecular weight excluding hydrogens is 276 g/mol. The number of hydrogen-bond donors (Lipinski definition) is 6. The van der Waals surface area contributed by atoms with Crippen LogP contribution in [-0.4, -0.2) is 82.9 Å². The lowest BCUT2D eigenvalue weighted by Gasteiger charge is -2.22. The third-order valence-corrected chi connectivity index (χ3v) is 2.05. The summed E-state index contributed by atoms with van der Waals surface area (Å²) in [5.74, 6) is 0. The second kappa shape index (κ2) is 9.29. The number of rotatable bonds is 6. The molecule has 0 aromatic carbocycles. The van der Waals surface area contributed by atoms with Gasteiger partial charge in [-0.25, -0.2) is 0 Å². The van der Waals surface area contributed by atoms with Gasteiger partial charge in [-0.2, -0.15) is 8.42 Å². The molecule has 6 N–H and O–H groups in total. The molecule has 11 heteroatoms. The molecule has 0 bridgehead atoms.